The Kier molecular flexibility index (Phi) is 3.88. The number of hydrogen-bond acceptors (Lipinski definition) is 8. The van der Waals surface area contributed by atoms with Gasteiger partial charge in [0.05, 0.1) is 37.5 Å². The smallest absolute Gasteiger partial charge is 0.179 e. The molecule has 0 saturated carbocycles. The Hall–Kier alpha value is -3.23. The van der Waals surface area contributed by atoms with E-state index >= 15 is 0 Å². The summed E-state index contributed by atoms with van der Waals surface area (Å²) in [4.78, 5) is 7.84. The number of nitrogens with zero attached hydrogens (tertiary/aromatic N) is 7. The summed E-state index contributed by atoms with van der Waals surface area (Å²) < 4.78 is 5.78. The van der Waals surface area contributed by atoms with Gasteiger partial charge in [0.2, 0.25) is 0 Å². The molecule has 2 aromatic rings. The normalized spacial score (nSPS) is 22.2. The van der Waals surface area contributed by atoms with E-state index in [-0.39, 0.29) is 12.1 Å². The molecule has 8 heteroatoms. The van der Waals surface area contributed by atoms with Crippen molar-refractivity contribution in [3.05, 3.63) is 36.2 Å². The molecule has 2 aliphatic rings. The van der Waals surface area contributed by atoms with Crippen molar-refractivity contribution < 1.29 is 4.74 Å². The Labute approximate surface area is 144 Å². The van der Waals surface area contributed by atoms with Crippen molar-refractivity contribution >= 4 is 5.82 Å². The molecule has 2 unspecified atom stereocenters. The molecule has 0 spiro atoms. The maximum Gasteiger partial charge on any atom is 0.179 e. The van der Waals surface area contributed by atoms with E-state index in [1.165, 1.54) is 0 Å². The quantitative estimate of drug-likeness (QED) is 0.743. The maximum absolute atomic E-state index is 9.12. The minimum atomic E-state index is 0.0215. The fourth-order valence-corrected chi connectivity index (χ4v) is 3.34. The van der Waals surface area contributed by atoms with Crippen LogP contribution < -0.4 is 4.90 Å². The highest BCUT2D eigenvalue weighted by Crippen LogP contribution is 2.27. The summed E-state index contributed by atoms with van der Waals surface area (Å²) in [6.07, 6.45) is 3.80. The first-order chi connectivity index (χ1) is 12.3. The molecular weight excluding hydrogens is 318 g/mol. The van der Waals surface area contributed by atoms with Crippen LogP contribution in [0.4, 0.5) is 5.82 Å². The van der Waals surface area contributed by atoms with Gasteiger partial charge in [-0.25, -0.2) is 4.98 Å². The van der Waals surface area contributed by atoms with Crippen LogP contribution in [0.25, 0.3) is 11.3 Å². The zero-order valence-corrected chi connectivity index (χ0v) is 13.4. The number of pyridine rings is 1. The Balaban J connectivity index is 1.58. The molecule has 2 saturated heterocycles. The van der Waals surface area contributed by atoms with E-state index in [2.05, 4.69) is 26.3 Å². The molecule has 25 heavy (non-hydrogen) atoms. The van der Waals surface area contributed by atoms with Crippen molar-refractivity contribution in [1.82, 2.24) is 20.1 Å². The number of fused-ring (bicyclic) bond motifs is 1. The van der Waals surface area contributed by atoms with E-state index in [0.717, 1.165) is 17.9 Å². The van der Waals surface area contributed by atoms with Crippen molar-refractivity contribution in [2.24, 2.45) is 0 Å². The minimum Gasteiger partial charge on any atom is -0.372 e. The third kappa shape index (κ3) is 2.84. The number of nitriles is 2. The number of ether oxygens (including phenoxy) is 1. The molecule has 0 aliphatic carbocycles. The lowest BCUT2D eigenvalue weighted by atomic mass is 10.1. The van der Waals surface area contributed by atoms with Gasteiger partial charge in [0.15, 0.2) is 12.0 Å². The SMILES string of the molecule is N#Cc1cc(-c2ccc(N3CCOC4CN(C#N)CC43)nn2)ccn1. The number of anilines is 1. The Morgan fingerprint density at radius 3 is 2.84 bits per heavy atom. The van der Waals surface area contributed by atoms with Crippen LogP contribution in [0.3, 0.4) is 0 Å². The first-order valence-corrected chi connectivity index (χ1v) is 8.01. The third-order valence-electron chi connectivity index (χ3n) is 4.56. The van der Waals surface area contributed by atoms with Gasteiger partial charge in [-0.1, -0.05) is 0 Å². The molecule has 8 nitrogen and oxygen atoms in total. The average molecular weight is 333 g/mol. The first kappa shape index (κ1) is 15.3. The van der Waals surface area contributed by atoms with Gasteiger partial charge in [-0.15, -0.1) is 10.2 Å². The highest BCUT2D eigenvalue weighted by Gasteiger charge is 2.40. The van der Waals surface area contributed by atoms with Gasteiger partial charge >= 0.3 is 0 Å². The second-order valence-electron chi connectivity index (χ2n) is 5.99. The highest BCUT2D eigenvalue weighted by molar-refractivity contribution is 5.60. The van der Waals surface area contributed by atoms with Gasteiger partial charge in [-0.3, -0.25) is 0 Å². The molecule has 2 atom stereocenters. The molecule has 124 valence electrons. The van der Waals surface area contributed by atoms with Crippen LogP contribution >= 0.6 is 0 Å². The average Bonchev–Trinajstić information content (AvgIpc) is 3.11. The van der Waals surface area contributed by atoms with Gasteiger partial charge in [0.1, 0.15) is 11.8 Å². The molecule has 0 radical (unpaired) electrons. The van der Waals surface area contributed by atoms with E-state index in [1.807, 2.05) is 18.2 Å². The van der Waals surface area contributed by atoms with Crippen LogP contribution in [0.5, 0.6) is 0 Å². The molecule has 0 N–H and O–H groups in total. The minimum absolute atomic E-state index is 0.0215. The Morgan fingerprint density at radius 1 is 1.16 bits per heavy atom. The number of rotatable bonds is 2. The van der Waals surface area contributed by atoms with E-state index in [1.54, 1.807) is 23.2 Å². The molecule has 0 bridgehead atoms. The Morgan fingerprint density at radius 2 is 2.08 bits per heavy atom. The van der Waals surface area contributed by atoms with Crippen molar-refractivity contribution in [1.29, 1.82) is 10.5 Å². The molecule has 2 aliphatic heterocycles. The predicted octanol–water partition coefficient (Wildman–Crippen LogP) is 0.781. The number of aromatic nitrogens is 3. The van der Waals surface area contributed by atoms with E-state index < -0.39 is 0 Å². The van der Waals surface area contributed by atoms with Gasteiger partial charge in [-0.2, -0.15) is 10.5 Å². The van der Waals surface area contributed by atoms with Gasteiger partial charge in [0, 0.05) is 18.3 Å². The predicted molar refractivity (Wildman–Crippen MR) is 88.0 cm³/mol. The van der Waals surface area contributed by atoms with Gasteiger partial charge in [0.25, 0.3) is 0 Å². The highest BCUT2D eigenvalue weighted by atomic mass is 16.5. The summed E-state index contributed by atoms with van der Waals surface area (Å²) in [6.45, 7) is 2.60. The van der Waals surface area contributed by atoms with Crippen LogP contribution in [0.1, 0.15) is 5.69 Å². The number of morpholine rings is 1. The van der Waals surface area contributed by atoms with Crippen molar-refractivity contribution in [3.63, 3.8) is 0 Å². The molecule has 2 aromatic heterocycles. The lowest BCUT2D eigenvalue weighted by Gasteiger charge is -2.37. The topological polar surface area (TPSA) is 102 Å². The third-order valence-corrected chi connectivity index (χ3v) is 4.56. The summed E-state index contributed by atoms with van der Waals surface area (Å²) in [6, 6.07) is 9.44. The second kappa shape index (κ2) is 6.34. The number of hydrogen-bond donors (Lipinski definition) is 0. The molecular formula is C17H15N7O. The van der Waals surface area contributed by atoms with Crippen molar-refractivity contribution in [2.75, 3.05) is 31.1 Å². The molecule has 4 rings (SSSR count). The van der Waals surface area contributed by atoms with Gasteiger partial charge in [-0.05, 0) is 24.3 Å². The standard InChI is InChI=1S/C17H15N7O/c18-8-13-7-12(3-4-20-13)14-1-2-17(22-21-14)24-5-6-25-16-10-23(11-19)9-15(16)24/h1-4,7,15-16H,5-6,9-10H2. The van der Waals surface area contributed by atoms with Crippen LogP contribution in [0.15, 0.2) is 30.5 Å². The summed E-state index contributed by atoms with van der Waals surface area (Å²) >= 11 is 0. The summed E-state index contributed by atoms with van der Waals surface area (Å²) in [7, 11) is 0. The summed E-state index contributed by atoms with van der Waals surface area (Å²) in [5, 5.41) is 26.7. The zero-order chi connectivity index (χ0) is 17.2. The second-order valence-corrected chi connectivity index (χ2v) is 5.99. The van der Waals surface area contributed by atoms with Crippen molar-refractivity contribution in [3.8, 4) is 23.5 Å². The van der Waals surface area contributed by atoms with Crippen molar-refractivity contribution in [2.45, 2.75) is 12.1 Å². The van der Waals surface area contributed by atoms with E-state index in [9.17, 15) is 0 Å². The van der Waals surface area contributed by atoms with Crippen LogP contribution in [-0.4, -0.2) is 58.5 Å². The van der Waals surface area contributed by atoms with Gasteiger partial charge < -0.3 is 14.5 Å². The first-order valence-electron chi connectivity index (χ1n) is 8.01. The monoisotopic (exact) mass is 333 g/mol. The van der Waals surface area contributed by atoms with E-state index in [4.69, 9.17) is 15.3 Å². The zero-order valence-electron chi connectivity index (χ0n) is 13.4. The Bertz CT molecular complexity index is 855. The lowest BCUT2D eigenvalue weighted by Crippen LogP contribution is -2.51. The number of likely N-dealkylation sites (tertiary alicyclic amines) is 1. The molecule has 4 heterocycles. The van der Waals surface area contributed by atoms with Crippen LogP contribution in [0, 0.1) is 22.8 Å². The van der Waals surface area contributed by atoms with Crippen LogP contribution in [0.2, 0.25) is 0 Å². The van der Waals surface area contributed by atoms with E-state index in [0.29, 0.717) is 31.1 Å². The summed E-state index contributed by atoms with van der Waals surface area (Å²) in [5.41, 5.74) is 1.85. The maximum atomic E-state index is 9.12. The lowest BCUT2D eigenvalue weighted by molar-refractivity contribution is 0.0322. The largest absolute Gasteiger partial charge is 0.372 e. The summed E-state index contributed by atoms with van der Waals surface area (Å²) in [5.74, 6) is 0.774. The van der Waals surface area contributed by atoms with Crippen LogP contribution in [-0.2, 0) is 4.74 Å². The fraction of sp³-hybridized carbons (Fsp3) is 0.353. The molecule has 0 amide bonds. The molecule has 2 fully saturated rings. The fourth-order valence-electron chi connectivity index (χ4n) is 3.34. The molecule has 0 aromatic carbocycles.